The van der Waals surface area contributed by atoms with Crippen LogP contribution in [0.5, 0.6) is 5.75 Å². The SMILES string of the molecule is COc1ccc(-c2c(C[C@H](C)N)sc3c(NCc4ccco4)nc(Cl)nc23)cc1. The van der Waals surface area contributed by atoms with Crippen molar-refractivity contribution in [2.24, 2.45) is 5.73 Å². The second-order valence-corrected chi connectivity index (χ2v) is 8.21. The Kier molecular flexibility index (Phi) is 5.71. The van der Waals surface area contributed by atoms with E-state index in [2.05, 4.69) is 15.3 Å². The molecule has 0 unspecified atom stereocenters. The second-order valence-electron chi connectivity index (χ2n) is 6.76. The van der Waals surface area contributed by atoms with Crippen LogP contribution in [0.15, 0.2) is 47.1 Å². The minimum atomic E-state index is 0.0167. The molecule has 0 saturated heterocycles. The summed E-state index contributed by atoms with van der Waals surface area (Å²) in [4.78, 5) is 10.1. The molecule has 29 heavy (non-hydrogen) atoms. The van der Waals surface area contributed by atoms with Gasteiger partial charge in [-0.15, -0.1) is 11.3 Å². The van der Waals surface area contributed by atoms with Crippen molar-refractivity contribution in [3.63, 3.8) is 0 Å². The summed E-state index contributed by atoms with van der Waals surface area (Å²) in [6.45, 7) is 2.50. The molecule has 4 aromatic rings. The Balaban J connectivity index is 1.83. The predicted octanol–water partition coefficient (Wildman–Crippen LogP) is 5.12. The van der Waals surface area contributed by atoms with E-state index in [0.29, 0.717) is 12.4 Å². The van der Waals surface area contributed by atoms with E-state index in [1.54, 1.807) is 24.7 Å². The maximum absolute atomic E-state index is 6.28. The molecular weight excluding hydrogens is 408 g/mol. The first-order chi connectivity index (χ1) is 14.0. The van der Waals surface area contributed by atoms with E-state index in [9.17, 15) is 0 Å². The summed E-state index contributed by atoms with van der Waals surface area (Å²) in [6, 6.07) is 11.7. The molecule has 3 heterocycles. The van der Waals surface area contributed by atoms with E-state index < -0.39 is 0 Å². The van der Waals surface area contributed by atoms with Crippen molar-refractivity contribution in [1.82, 2.24) is 9.97 Å². The van der Waals surface area contributed by atoms with Gasteiger partial charge in [-0.25, -0.2) is 4.98 Å². The summed E-state index contributed by atoms with van der Waals surface area (Å²) in [5, 5.41) is 3.52. The first-order valence-corrected chi connectivity index (χ1v) is 10.4. The van der Waals surface area contributed by atoms with Crippen LogP contribution in [0.4, 0.5) is 5.82 Å². The Morgan fingerprint density at radius 2 is 2.03 bits per heavy atom. The zero-order valence-electron chi connectivity index (χ0n) is 16.1. The molecule has 0 bridgehead atoms. The number of nitrogens with two attached hydrogens (primary N) is 1. The van der Waals surface area contributed by atoms with E-state index >= 15 is 0 Å². The van der Waals surface area contributed by atoms with Crippen LogP contribution in [0.3, 0.4) is 0 Å². The normalized spacial score (nSPS) is 12.3. The summed E-state index contributed by atoms with van der Waals surface area (Å²) in [6.07, 6.45) is 2.38. The van der Waals surface area contributed by atoms with Crippen molar-refractivity contribution in [3.05, 3.63) is 58.6 Å². The van der Waals surface area contributed by atoms with Crippen molar-refractivity contribution in [3.8, 4) is 16.9 Å². The quantitative estimate of drug-likeness (QED) is 0.397. The number of ether oxygens (including phenoxy) is 1. The van der Waals surface area contributed by atoms with Gasteiger partial charge in [0, 0.05) is 16.5 Å². The van der Waals surface area contributed by atoms with Gasteiger partial charge in [-0.2, -0.15) is 4.98 Å². The molecule has 6 nitrogen and oxygen atoms in total. The van der Waals surface area contributed by atoms with E-state index in [-0.39, 0.29) is 11.3 Å². The topological polar surface area (TPSA) is 86.2 Å². The molecule has 0 aliphatic carbocycles. The van der Waals surface area contributed by atoms with Gasteiger partial charge in [-0.3, -0.25) is 0 Å². The molecule has 0 aliphatic heterocycles. The van der Waals surface area contributed by atoms with E-state index in [0.717, 1.165) is 44.2 Å². The van der Waals surface area contributed by atoms with Crippen LogP contribution in [0.25, 0.3) is 21.3 Å². The highest BCUT2D eigenvalue weighted by Crippen LogP contribution is 2.42. The molecule has 8 heteroatoms. The van der Waals surface area contributed by atoms with Crippen LogP contribution in [0.2, 0.25) is 5.28 Å². The summed E-state index contributed by atoms with van der Waals surface area (Å²) in [7, 11) is 1.65. The summed E-state index contributed by atoms with van der Waals surface area (Å²) >= 11 is 7.92. The van der Waals surface area contributed by atoms with Crippen molar-refractivity contribution in [2.45, 2.75) is 25.9 Å². The van der Waals surface area contributed by atoms with Gasteiger partial charge in [0.1, 0.15) is 17.3 Å². The van der Waals surface area contributed by atoms with Gasteiger partial charge < -0.3 is 20.2 Å². The first-order valence-electron chi connectivity index (χ1n) is 9.20. The Bertz CT molecular complexity index is 1110. The number of aromatic nitrogens is 2. The molecule has 3 N–H and O–H groups in total. The van der Waals surface area contributed by atoms with Crippen LogP contribution >= 0.6 is 22.9 Å². The van der Waals surface area contributed by atoms with Crippen molar-refractivity contribution >= 4 is 39.0 Å². The monoisotopic (exact) mass is 428 g/mol. The summed E-state index contributed by atoms with van der Waals surface area (Å²) in [5.41, 5.74) is 9.02. The Labute approximate surface area is 177 Å². The van der Waals surface area contributed by atoms with Crippen LogP contribution in [0, 0.1) is 0 Å². The number of hydrogen-bond donors (Lipinski definition) is 2. The molecule has 1 aromatic carbocycles. The molecule has 0 amide bonds. The number of nitrogens with one attached hydrogen (secondary N) is 1. The zero-order valence-corrected chi connectivity index (χ0v) is 17.7. The van der Waals surface area contributed by atoms with Crippen molar-refractivity contribution < 1.29 is 9.15 Å². The average Bonchev–Trinajstić information content (AvgIpc) is 3.33. The third-order valence-electron chi connectivity index (χ3n) is 4.48. The number of anilines is 1. The number of thiophene rings is 1. The van der Waals surface area contributed by atoms with Gasteiger partial charge in [-0.1, -0.05) is 12.1 Å². The number of hydrogen-bond acceptors (Lipinski definition) is 7. The zero-order chi connectivity index (χ0) is 20.4. The smallest absolute Gasteiger partial charge is 0.224 e. The number of nitrogens with zero attached hydrogens (tertiary/aromatic N) is 2. The molecule has 1 atom stereocenters. The van der Waals surface area contributed by atoms with Crippen LogP contribution in [-0.2, 0) is 13.0 Å². The van der Waals surface area contributed by atoms with E-state index in [4.69, 9.17) is 26.5 Å². The van der Waals surface area contributed by atoms with Gasteiger partial charge >= 0.3 is 0 Å². The van der Waals surface area contributed by atoms with Crippen LogP contribution < -0.4 is 15.8 Å². The fourth-order valence-corrected chi connectivity index (χ4v) is 4.73. The third kappa shape index (κ3) is 4.22. The molecule has 0 spiro atoms. The number of benzene rings is 1. The standard InChI is InChI=1S/C21H21ClN4O2S/c1-12(23)10-16-17(13-5-7-14(27-2)8-6-13)18-19(29-16)20(26-21(22)25-18)24-11-15-4-3-9-28-15/h3-9,12H,10-11,23H2,1-2H3,(H,24,25,26)/t12-/m0/s1. The lowest BCUT2D eigenvalue weighted by atomic mass is 10.0. The molecule has 0 saturated carbocycles. The van der Waals surface area contributed by atoms with Crippen LogP contribution in [0.1, 0.15) is 17.6 Å². The maximum atomic E-state index is 6.28. The van der Waals surface area contributed by atoms with Gasteiger partial charge in [0.05, 0.1) is 30.1 Å². The van der Waals surface area contributed by atoms with Gasteiger partial charge in [0.15, 0.2) is 0 Å². The van der Waals surface area contributed by atoms with Crippen molar-refractivity contribution in [2.75, 3.05) is 12.4 Å². The highest BCUT2D eigenvalue weighted by molar-refractivity contribution is 7.20. The fraction of sp³-hybridized carbons (Fsp3) is 0.238. The highest BCUT2D eigenvalue weighted by atomic mass is 35.5. The first kappa shape index (κ1) is 19.7. The lowest BCUT2D eigenvalue weighted by molar-refractivity contribution is 0.415. The van der Waals surface area contributed by atoms with Gasteiger partial charge in [0.2, 0.25) is 5.28 Å². The van der Waals surface area contributed by atoms with Crippen molar-refractivity contribution in [1.29, 1.82) is 0 Å². The molecule has 3 aromatic heterocycles. The number of methoxy groups -OCH3 is 1. The fourth-order valence-electron chi connectivity index (χ4n) is 3.19. The molecule has 0 fully saturated rings. The molecule has 0 aliphatic rings. The molecular formula is C21H21ClN4O2S. The van der Waals surface area contributed by atoms with Gasteiger partial charge in [0.25, 0.3) is 0 Å². The molecule has 0 radical (unpaired) electrons. The number of furan rings is 1. The summed E-state index contributed by atoms with van der Waals surface area (Å²) < 4.78 is 11.6. The maximum Gasteiger partial charge on any atom is 0.224 e. The molecule has 4 rings (SSSR count). The van der Waals surface area contributed by atoms with Gasteiger partial charge in [-0.05, 0) is 54.8 Å². The Morgan fingerprint density at radius 1 is 1.24 bits per heavy atom. The lowest BCUT2D eigenvalue weighted by Crippen LogP contribution is -2.17. The minimum absolute atomic E-state index is 0.0167. The predicted molar refractivity (Wildman–Crippen MR) is 118 cm³/mol. The number of rotatable bonds is 7. The summed E-state index contributed by atoms with van der Waals surface area (Å²) in [5.74, 6) is 2.30. The Morgan fingerprint density at radius 3 is 2.69 bits per heavy atom. The highest BCUT2D eigenvalue weighted by Gasteiger charge is 2.20. The Hall–Kier alpha value is -2.61. The number of halogens is 1. The average molecular weight is 429 g/mol. The third-order valence-corrected chi connectivity index (χ3v) is 5.85. The van der Waals surface area contributed by atoms with Crippen LogP contribution in [-0.4, -0.2) is 23.1 Å². The second kappa shape index (κ2) is 8.41. The minimum Gasteiger partial charge on any atom is -0.497 e. The van der Waals surface area contributed by atoms with E-state index in [1.165, 1.54) is 0 Å². The lowest BCUT2D eigenvalue weighted by Gasteiger charge is -2.08. The number of fused-ring (bicyclic) bond motifs is 1. The van der Waals surface area contributed by atoms with E-state index in [1.807, 2.05) is 43.3 Å². The molecule has 150 valence electrons. The largest absolute Gasteiger partial charge is 0.497 e.